The van der Waals surface area contributed by atoms with Crippen LogP contribution in [0.4, 0.5) is 5.69 Å². The molecule has 3 heteroatoms. The number of hydrogen-bond donors (Lipinski definition) is 2. The van der Waals surface area contributed by atoms with Gasteiger partial charge in [0.1, 0.15) is 0 Å². The van der Waals surface area contributed by atoms with Crippen LogP contribution in [0.2, 0.25) is 0 Å². The van der Waals surface area contributed by atoms with Gasteiger partial charge in [0, 0.05) is 23.3 Å². The van der Waals surface area contributed by atoms with Crippen molar-refractivity contribution in [3.05, 3.63) is 29.8 Å². The molecule has 0 heterocycles. The number of rotatable bonds is 7. The maximum absolute atomic E-state index is 11.8. The minimum atomic E-state index is -0.0134. The smallest absolute Gasteiger partial charge is 0.251 e. The molecular weight excluding hydrogens is 236 g/mol. The molecular formula is C16H26N2O. The van der Waals surface area contributed by atoms with Crippen LogP contribution >= 0.6 is 0 Å². The van der Waals surface area contributed by atoms with E-state index in [1.807, 2.05) is 38.1 Å². The van der Waals surface area contributed by atoms with Gasteiger partial charge in [-0.15, -0.1) is 0 Å². The lowest BCUT2D eigenvalue weighted by Gasteiger charge is -2.15. The van der Waals surface area contributed by atoms with E-state index in [9.17, 15) is 4.79 Å². The first kappa shape index (κ1) is 15.5. The van der Waals surface area contributed by atoms with Gasteiger partial charge in [-0.05, 0) is 51.5 Å². The third kappa shape index (κ3) is 5.77. The lowest BCUT2D eigenvalue weighted by Crippen LogP contribution is -2.30. The van der Waals surface area contributed by atoms with E-state index < -0.39 is 0 Å². The number of benzene rings is 1. The largest absolute Gasteiger partial charge is 0.383 e. The number of amides is 1. The lowest BCUT2D eigenvalue weighted by atomic mass is 10.1. The summed E-state index contributed by atoms with van der Waals surface area (Å²) in [4.78, 5) is 11.8. The number of carbonyl (C=O) groups is 1. The molecule has 0 aliphatic carbocycles. The standard InChI is InChI=1S/C16H26N2O/c1-5-6-7-13(4)18-15-10-8-14(9-11-15)16(19)17-12(2)3/h8-13,18H,5-7H2,1-4H3,(H,17,19). The molecule has 1 atom stereocenters. The van der Waals surface area contributed by atoms with Gasteiger partial charge < -0.3 is 10.6 Å². The summed E-state index contributed by atoms with van der Waals surface area (Å²) in [6.45, 7) is 8.32. The van der Waals surface area contributed by atoms with Crippen molar-refractivity contribution >= 4 is 11.6 Å². The van der Waals surface area contributed by atoms with E-state index in [0.717, 1.165) is 5.69 Å². The molecule has 0 radical (unpaired) electrons. The van der Waals surface area contributed by atoms with Gasteiger partial charge in [-0.3, -0.25) is 4.79 Å². The average molecular weight is 262 g/mol. The topological polar surface area (TPSA) is 41.1 Å². The van der Waals surface area contributed by atoms with Crippen LogP contribution in [-0.4, -0.2) is 18.0 Å². The Hall–Kier alpha value is -1.51. The summed E-state index contributed by atoms with van der Waals surface area (Å²) in [5.74, 6) is -0.0134. The number of carbonyl (C=O) groups excluding carboxylic acids is 1. The Morgan fingerprint density at radius 3 is 2.32 bits per heavy atom. The minimum Gasteiger partial charge on any atom is -0.383 e. The van der Waals surface area contributed by atoms with Crippen LogP contribution in [-0.2, 0) is 0 Å². The molecule has 0 fully saturated rings. The maximum Gasteiger partial charge on any atom is 0.251 e. The van der Waals surface area contributed by atoms with Gasteiger partial charge in [0.25, 0.3) is 5.91 Å². The van der Waals surface area contributed by atoms with E-state index in [0.29, 0.717) is 11.6 Å². The van der Waals surface area contributed by atoms with Crippen LogP contribution < -0.4 is 10.6 Å². The van der Waals surface area contributed by atoms with Crippen LogP contribution in [0.3, 0.4) is 0 Å². The van der Waals surface area contributed by atoms with Crippen molar-refractivity contribution < 1.29 is 4.79 Å². The van der Waals surface area contributed by atoms with Crippen molar-refractivity contribution in [2.45, 2.75) is 59.0 Å². The highest BCUT2D eigenvalue weighted by Gasteiger charge is 2.07. The molecule has 0 aliphatic rings. The molecule has 19 heavy (non-hydrogen) atoms. The third-order valence-corrected chi connectivity index (χ3v) is 2.97. The summed E-state index contributed by atoms with van der Waals surface area (Å²) in [6, 6.07) is 8.31. The summed E-state index contributed by atoms with van der Waals surface area (Å²) in [5.41, 5.74) is 1.78. The predicted octanol–water partition coefficient (Wildman–Crippen LogP) is 3.82. The van der Waals surface area contributed by atoms with Crippen molar-refractivity contribution in [3.63, 3.8) is 0 Å². The Kier molecular flexibility index (Phi) is 6.40. The van der Waals surface area contributed by atoms with E-state index in [1.165, 1.54) is 19.3 Å². The van der Waals surface area contributed by atoms with E-state index in [1.54, 1.807) is 0 Å². The highest BCUT2D eigenvalue weighted by Crippen LogP contribution is 2.13. The molecule has 1 amide bonds. The van der Waals surface area contributed by atoms with Crippen molar-refractivity contribution in [1.82, 2.24) is 5.32 Å². The summed E-state index contributed by atoms with van der Waals surface area (Å²) in [7, 11) is 0. The maximum atomic E-state index is 11.8. The average Bonchev–Trinajstić information content (AvgIpc) is 2.36. The zero-order valence-corrected chi connectivity index (χ0v) is 12.5. The zero-order chi connectivity index (χ0) is 14.3. The Labute approximate surface area is 116 Å². The molecule has 0 saturated carbocycles. The van der Waals surface area contributed by atoms with Crippen molar-refractivity contribution in [3.8, 4) is 0 Å². The van der Waals surface area contributed by atoms with Crippen molar-refractivity contribution in [2.75, 3.05) is 5.32 Å². The van der Waals surface area contributed by atoms with Gasteiger partial charge in [0.2, 0.25) is 0 Å². The quantitative estimate of drug-likeness (QED) is 0.784. The van der Waals surface area contributed by atoms with E-state index >= 15 is 0 Å². The number of hydrogen-bond acceptors (Lipinski definition) is 2. The van der Waals surface area contributed by atoms with Crippen LogP contribution in [0.1, 0.15) is 57.3 Å². The minimum absolute atomic E-state index is 0.0134. The van der Waals surface area contributed by atoms with Crippen molar-refractivity contribution in [1.29, 1.82) is 0 Å². The summed E-state index contributed by atoms with van der Waals surface area (Å²) < 4.78 is 0. The molecule has 1 aromatic carbocycles. The molecule has 106 valence electrons. The molecule has 0 aromatic heterocycles. The highest BCUT2D eigenvalue weighted by atomic mass is 16.1. The lowest BCUT2D eigenvalue weighted by molar-refractivity contribution is 0.0943. The number of nitrogens with one attached hydrogen (secondary N) is 2. The second-order valence-electron chi connectivity index (χ2n) is 5.39. The Bertz CT molecular complexity index is 384. The van der Waals surface area contributed by atoms with Crippen LogP contribution in [0, 0.1) is 0 Å². The monoisotopic (exact) mass is 262 g/mol. The van der Waals surface area contributed by atoms with Crippen LogP contribution in [0.5, 0.6) is 0 Å². The van der Waals surface area contributed by atoms with Gasteiger partial charge in [0.15, 0.2) is 0 Å². The Morgan fingerprint density at radius 1 is 1.16 bits per heavy atom. The summed E-state index contributed by atoms with van der Waals surface area (Å²) in [6.07, 6.45) is 3.63. The number of unbranched alkanes of at least 4 members (excludes halogenated alkanes) is 1. The molecule has 1 aromatic rings. The second-order valence-corrected chi connectivity index (χ2v) is 5.39. The second kappa shape index (κ2) is 7.82. The SMILES string of the molecule is CCCCC(C)Nc1ccc(C(=O)NC(C)C)cc1. The van der Waals surface area contributed by atoms with Gasteiger partial charge >= 0.3 is 0 Å². The fourth-order valence-electron chi connectivity index (χ4n) is 1.93. The molecule has 1 unspecified atom stereocenters. The summed E-state index contributed by atoms with van der Waals surface area (Å²) >= 11 is 0. The Balaban J connectivity index is 2.54. The Morgan fingerprint density at radius 2 is 1.79 bits per heavy atom. The fourth-order valence-corrected chi connectivity index (χ4v) is 1.93. The van der Waals surface area contributed by atoms with Gasteiger partial charge in [-0.25, -0.2) is 0 Å². The first-order valence-electron chi connectivity index (χ1n) is 7.20. The predicted molar refractivity (Wildman–Crippen MR) is 81.7 cm³/mol. The highest BCUT2D eigenvalue weighted by molar-refractivity contribution is 5.94. The molecule has 0 bridgehead atoms. The molecule has 3 nitrogen and oxygen atoms in total. The molecule has 2 N–H and O–H groups in total. The summed E-state index contributed by atoms with van der Waals surface area (Å²) in [5, 5.41) is 6.34. The zero-order valence-electron chi connectivity index (χ0n) is 12.5. The number of anilines is 1. The fraction of sp³-hybridized carbons (Fsp3) is 0.562. The van der Waals surface area contributed by atoms with Gasteiger partial charge in [-0.2, -0.15) is 0 Å². The van der Waals surface area contributed by atoms with Crippen molar-refractivity contribution in [2.24, 2.45) is 0 Å². The molecule has 1 rings (SSSR count). The van der Waals surface area contributed by atoms with Crippen LogP contribution in [0.15, 0.2) is 24.3 Å². The van der Waals surface area contributed by atoms with E-state index in [-0.39, 0.29) is 11.9 Å². The first-order valence-corrected chi connectivity index (χ1v) is 7.20. The molecule has 0 spiro atoms. The van der Waals surface area contributed by atoms with Gasteiger partial charge in [-0.1, -0.05) is 19.8 Å². The van der Waals surface area contributed by atoms with E-state index in [2.05, 4.69) is 24.5 Å². The molecule has 0 aliphatic heterocycles. The van der Waals surface area contributed by atoms with Gasteiger partial charge in [0.05, 0.1) is 0 Å². The van der Waals surface area contributed by atoms with E-state index in [4.69, 9.17) is 0 Å². The normalized spacial score (nSPS) is 12.3. The first-order chi connectivity index (χ1) is 9.02. The van der Waals surface area contributed by atoms with Crippen LogP contribution in [0.25, 0.3) is 0 Å². The molecule has 0 saturated heterocycles. The third-order valence-electron chi connectivity index (χ3n) is 2.97.